The highest BCUT2D eigenvalue weighted by Crippen LogP contribution is 2.16. The molecule has 0 saturated carbocycles. The monoisotopic (exact) mass is 206 g/mol. The van der Waals surface area contributed by atoms with Gasteiger partial charge in [-0.3, -0.25) is 4.90 Å². The first-order valence-corrected chi connectivity index (χ1v) is 4.72. The van der Waals surface area contributed by atoms with Crippen LogP contribution in [0.15, 0.2) is 6.07 Å². The molecule has 0 aliphatic heterocycles. The van der Waals surface area contributed by atoms with Gasteiger partial charge in [-0.15, -0.1) is 0 Å². The van der Waals surface area contributed by atoms with Crippen LogP contribution in [0.3, 0.4) is 0 Å². The summed E-state index contributed by atoms with van der Waals surface area (Å²) in [7, 11) is 5.46. The number of hydrogen-bond donors (Lipinski definition) is 0. The standard InChI is InChI=1S/C11H15N3O/c1-8-5-9(7-15-4)13-11(14(2)3)10(8)6-12/h5H,7H2,1-4H3/p+1. The van der Waals surface area contributed by atoms with Crippen LogP contribution in [0.5, 0.6) is 0 Å². The van der Waals surface area contributed by atoms with Crippen molar-refractivity contribution in [2.75, 3.05) is 26.1 Å². The minimum Gasteiger partial charge on any atom is -0.376 e. The molecular formula is C11H16N3O+. The van der Waals surface area contributed by atoms with E-state index in [0.29, 0.717) is 12.2 Å². The third-order valence-corrected chi connectivity index (χ3v) is 2.16. The van der Waals surface area contributed by atoms with Gasteiger partial charge in [-0.2, -0.15) is 5.26 Å². The molecule has 1 aromatic rings. The third kappa shape index (κ3) is 2.45. The van der Waals surface area contributed by atoms with Gasteiger partial charge >= 0.3 is 0 Å². The topological polar surface area (TPSA) is 50.4 Å². The highest BCUT2D eigenvalue weighted by Gasteiger charge is 2.17. The number of nitrogens with one attached hydrogen (secondary N) is 1. The van der Waals surface area contributed by atoms with Gasteiger partial charge in [-0.25, -0.2) is 4.98 Å². The molecule has 0 aliphatic rings. The first-order valence-electron chi connectivity index (χ1n) is 4.72. The Hall–Kier alpha value is -1.60. The maximum atomic E-state index is 9.04. The van der Waals surface area contributed by atoms with Crippen molar-refractivity contribution in [3.63, 3.8) is 0 Å². The van der Waals surface area contributed by atoms with E-state index < -0.39 is 0 Å². The Labute approximate surface area is 90.1 Å². The zero-order valence-electron chi connectivity index (χ0n) is 9.59. The van der Waals surface area contributed by atoms with Crippen molar-refractivity contribution in [2.45, 2.75) is 13.5 Å². The van der Waals surface area contributed by atoms with E-state index in [1.54, 1.807) is 7.11 Å². The molecule has 0 aromatic carbocycles. The summed E-state index contributed by atoms with van der Waals surface area (Å²) in [6.45, 7) is 2.45. The molecular weight excluding hydrogens is 190 g/mol. The van der Waals surface area contributed by atoms with Gasteiger partial charge < -0.3 is 4.74 Å². The highest BCUT2D eigenvalue weighted by molar-refractivity contribution is 5.53. The second-order valence-electron chi connectivity index (χ2n) is 3.64. The van der Waals surface area contributed by atoms with Gasteiger partial charge in [-0.05, 0) is 18.6 Å². The van der Waals surface area contributed by atoms with Crippen LogP contribution in [0, 0.1) is 18.3 Å². The molecule has 0 spiro atoms. The van der Waals surface area contributed by atoms with Gasteiger partial charge in [0.15, 0.2) is 0 Å². The molecule has 1 N–H and O–H groups in total. The molecule has 0 fully saturated rings. The summed E-state index contributed by atoms with van der Waals surface area (Å²) < 4.78 is 5.06. The Morgan fingerprint density at radius 1 is 1.53 bits per heavy atom. The lowest BCUT2D eigenvalue weighted by Crippen LogP contribution is -2.26. The summed E-state index contributed by atoms with van der Waals surface area (Å²) in [4.78, 5) is 5.08. The molecule has 80 valence electrons. The van der Waals surface area contributed by atoms with Gasteiger partial charge in [0.25, 0.3) is 5.82 Å². The number of ether oxygens (including phenoxy) is 1. The van der Waals surface area contributed by atoms with E-state index in [4.69, 9.17) is 10.00 Å². The average Bonchev–Trinajstić information content (AvgIpc) is 2.17. The van der Waals surface area contributed by atoms with Crippen LogP contribution in [-0.4, -0.2) is 21.2 Å². The highest BCUT2D eigenvalue weighted by atomic mass is 16.5. The molecule has 0 amide bonds. The molecule has 0 aliphatic carbocycles. The fourth-order valence-electron chi connectivity index (χ4n) is 1.48. The molecule has 1 aromatic heterocycles. The number of rotatable bonds is 3. The van der Waals surface area contributed by atoms with E-state index >= 15 is 0 Å². The van der Waals surface area contributed by atoms with Gasteiger partial charge in [0.05, 0.1) is 14.1 Å². The van der Waals surface area contributed by atoms with Crippen LogP contribution in [0.2, 0.25) is 0 Å². The number of aryl methyl sites for hydroxylation is 1. The van der Waals surface area contributed by atoms with E-state index in [1.807, 2.05) is 32.0 Å². The van der Waals surface area contributed by atoms with Crippen LogP contribution in [-0.2, 0) is 11.3 Å². The second-order valence-corrected chi connectivity index (χ2v) is 3.64. The lowest BCUT2D eigenvalue weighted by atomic mass is 10.1. The fourth-order valence-corrected chi connectivity index (χ4v) is 1.48. The molecule has 0 bridgehead atoms. The number of nitriles is 1. The van der Waals surface area contributed by atoms with Crippen LogP contribution >= 0.6 is 0 Å². The lowest BCUT2D eigenvalue weighted by molar-refractivity contribution is -0.381. The summed E-state index contributed by atoms with van der Waals surface area (Å²) in [5.41, 5.74) is 2.62. The molecule has 4 nitrogen and oxygen atoms in total. The molecule has 1 heterocycles. The van der Waals surface area contributed by atoms with Crippen molar-refractivity contribution < 1.29 is 9.72 Å². The number of pyridine rings is 1. The Morgan fingerprint density at radius 2 is 2.20 bits per heavy atom. The van der Waals surface area contributed by atoms with E-state index in [-0.39, 0.29) is 0 Å². The number of hydrogen-bond acceptors (Lipinski definition) is 3. The third-order valence-electron chi connectivity index (χ3n) is 2.16. The summed E-state index contributed by atoms with van der Waals surface area (Å²) >= 11 is 0. The van der Waals surface area contributed by atoms with Crippen molar-refractivity contribution in [3.8, 4) is 6.07 Å². The fraction of sp³-hybridized carbons (Fsp3) is 0.455. The van der Waals surface area contributed by atoms with Gasteiger partial charge in [-0.1, -0.05) is 0 Å². The molecule has 15 heavy (non-hydrogen) atoms. The molecule has 4 heteroatoms. The summed E-state index contributed by atoms with van der Waals surface area (Å²) in [5.74, 6) is 0.824. The lowest BCUT2D eigenvalue weighted by Gasteiger charge is -2.09. The molecule has 1 rings (SSSR count). The average molecular weight is 206 g/mol. The zero-order valence-corrected chi connectivity index (χ0v) is 9.59. The Balaban J connectivity index is 3.27. The SMILES string of the molecule is COCc1cc(C)c(C#N)c(N(C)C)[nH+]1. The summed E-state index contributed by atoms with van der Waals surface area (Å²) in [5, 5.41) is 9.04. The summed E-state index contributed by atoms with van der Waals surface area (Å²) in [6, 6.07) is 4.14. The zero-order chi connectivity index (χ0) is 11.4. The van der Waals surface area contributed by atoms with Gasteiger partial charge in [0, 0.05) is 7.11 Å². The number of methoxy groups -OCH3 is 1. The van der Waals surface area contributed by atoms with Crippen molar-refractivity contribution in [3.05, 3.63) is 22.9 Å². The normalized spacial score (nSPS) is 9.80. The van der Waals surface area contributed by atoms with Gasteiger partial charge in [0.1, 0.15) is 23.9 Å². The van der Waals surface area contributed by atoms with Crippen molar-refractivity contribution in [2.24, 2.45) is 0 Å². The number of H-pyrrole nitrogens is 1. The van der Waals surface area contributed by atoms with Crippen molar-refractivity contribution in [1.82, 2.24) is 0 Å². The smallest absolute Gasteiger partial charge is 0.292 e. The van der Waals surface area contributed by atoms with Crippen LogP contribution in [0.4, 0.5) is 5.82 Å². The predicted octanol–water partition coefficient (Wildman–Crippen LogP) is 0.893. The first kappa shape index (κ1) is 11.5. The number of aromatic nitrogens is 1. The Morgan fingerprint density at radius 3 is 2.67 bits per heavy atom. The quantitative estimate of drug-likeness (QED) is 0.738. The molecule has 0 radical (unpaired) electrons. The van der Waals surface area contributed by atoms with E-state index in [2.05, 4.69) is 11.1 Å². The largest absolute Gasteiger partial charge is 0.376 e. The Kier molecular flexibility index (Phi) is 3.64. The van der Waals surface area contributed by atoms with Gasteiger partial charge in [0.2, 0.25) is 0 Å². The van der Waals surface area contributed by atoms with Crippen LogP contribution in [0.1, 0.15) is 16.8 Å². The minimum atomic E-state index is 0.521. The van der Waals surface area contributed by atoms with E-state index in [0.717, 1.165) is 17.1 Å². The minimum absolute atomic E-state index is 0.521. The number of nitrogens with zero attached hydrogens (tertiary/aromatic N) is 2. The maximum absolute atomic E-state index is 9.04. The van der Waals surface area contributed by atoms with Crippen molar-refractivity contribution >= 4 is 5.82 Å². The van der Waals surface area contributed by atoms with E-state index in [9.17, 15) is 0 Å². The summed E-state index contributed by atoms with van der Waals surface area (Å²) in [6.07, 6.45) is 0. The predicted molar refractivity (Wildman–Crippen MR) is 57.5 cm³/mol. The number of anilines is 1. The Bertz CT molecular complexity index is 394. The molecule has 0 unspecified atom stereocenters. The first-order chi connectivity index (χ1) is 7.10. The molecule has 0 saturated heterocycles. The maximum Gasteiger partial charge on any atom is 0.292 e. The number of aromatic amines is 1. The second kappa shape index (κ2) is 4.76. The van der Waals surface area contributed by atoms with Crippen LogP contribution < -0.4 is 9.88 Å². The van der Waals surface area contributed by atoms with Crippen molar-refractivity contribution in [1.29, 1.82) is 5.26 Å². The van der Waals surface area contributed by atoms with Crippen LogP contribution in [0.25, 0.3) is 0 Å². The van der Waals surface area contributed by atoms with E-state index in [1.165, 1.54) is 0 Å². The molecule has 0 atom stereocenters.